The highest BCUT2D eigenvalue weighted by Crippen LogP contribution is 2.17. The van der Waals surface area contributed by atoms with E-state index in [1.54, 1.807) is 4.90 Å². The van der Waals surface area contributed by atoms with Gasteiger partial charge in [0.2, 0.25) is 5.91 Å². The van der Waals surface area contributed by atoms with Crippen molar-refractivity contribution in [1.82, 2.24) is 4.90 Å². The zero-order valence-electron chi connectivity index (χ0n) is 5.62. The predicted octanol–water partition coefficient (Wildman–Crippen LogP) is -1.45. The molecule has 10 heavy (non-hydrogen) atoms. The number of nitrogens with two attached hydrogens (primary N) is 1. The van der Waals surface area contributed by atoms with E-state index in [-0.39, 0.29) is 11.9 Å². The van der Waals surface area contributed by atoms with Crippen LogP contribution in [0.25, 0.3) is 0 Å². The van der Waals surface area contributed by atoms with Crippen molar-refractivity contribution in [3.05, 3.63) is 0 Å². The molecule has 0 unspecified atom stereocenters. The molecule has 2 aliphatic rings. The van der Waals surface area contributed by atoms with Crippen LogP contribution in [-0.2, 0) is 9.53 Å². The van der Waals surface area contributed by atoms with E-state index >= 15 is 0 Å². The van der Waals surface area contributed by atoms with Crippen LogP contribution in [-0.4, -0.2) is 42.6 Å². The SMILES string of the molecule is N[C@@H]1CN(C2COC2)C1=O. The summed E-state index contributed by atoms with van der Waals surface area (Å²) in [6.07, 6.45) is 0. The number of carbonyl (C=O) groups is 1. The van der Waals surface area contributed by atoms with E-state index in [1.165, 1.54) is 0 Å². The lowest BCUT2D eigenvalue weighted by molar-refractivity contribution is -0.159. The van der Waals surface area contributed by atoms with Gasteiger partial charge in [-0.1, -0.05) is 0 Å². The maximum absolute atomic E-state index is 10.9. The van der Waals surface area contributed by atoms with Crippen molar-refractivity contribution in [2.24, 2.45) is 5.73 Å². The quantitative estimate of drug-likeness (QED) is 0.456. The molecule has 2 saturated heterocycles. The second kappa shape index (κ2) is 1.93. The number of hydrogen-bond donors (Lipinski definition) is 1. The number of hydrogen-bond acceptors (Lipinski definition) is 3. The summed E-state index contributed by atoms with van der Waals surface area (Å²) in [6.45, 7) is 2.10. The molecule has 0 aromatic rings. The Kier molecular flexibility index (Phi) is 1.18. The van der Waals surface area contributed by atoms with Crippen LogP contribution in [0.4, 0.5) is 0 Å². The molecule has 1 atom stereocenters. The first-order valence-electron chi connectivity index (χ1n) is 3.43. The lowest BCUT2D eigenvalue weighted by atomic mass is 10.0. The molecule has 0 bridgehead atoms. The standard InChI is InChI=1S/C6H10N2O2/c7-5-1-8(6(5)9)4-2-10-3-4/h4-5H,1-3,7H2/t5-/m1/s1. The van der Waals surface area contributed by atoms with Gasteiger partial charge in [-0.05, 0) is 0 Å². The predicted molar refractivity (Wildman–Crippen MR) is 34.3 cm³/mol. The second-order valence-electron chi connectivity index (χ2n) is 2.79. The zero-order valence-corrected chi connectivity index (χ0v) is 5.62. The average molecular weight is 142 g/mol. The number of carbonyl (C=O) groups excluding carboxylic acids is 1. The Labute approximate surface area is 58.9 Å². The van der Waals surface area contributed by atoms with Gasteiger partial charge in [-0.15, -0.1) is 0 Å². The molecule has 2 aliphatic heterocycles. The number of nitrogens with zero attached hydrogens (tertiary/aromatic N) is 1. The van der Waals surface area contributed by atoms with Crippen LogP contribution >= 0.6 is 0 Å². The fraction of sp³-hybridized carbons (Fsp3) is 0.833. The number of β-lactam (4-membered cyclic amide) rings is 1. The molecule has 0 saturated carbocycles. The number of rotatable bonds is 1. The highest BCUT2D eigenvalue weighted by molar-refractivity contribution is 5.88. The summed E-state index contributed by atoms with van der Waals surface area (Å²) in [7, 11) is 0. The van der Waals surface area contributed by atoms with Gasteiger partial charge in [0.15, 0.2) is 0 Å². The van der Waals surface area contributed by atoms with Crippen molar-refractivity contribution < 1.29 is 9.53 Å². The summed E-state index contributed by atoms with van der Waals surface area (Å²) in [5, 5.41) is 0. The minimum Gasteiger partial charge on any atom is -0.377 e. The Hall–Kier alpha value is -0.610. The molecule has 0 radical (unpaired) electrons. The van der Waals surface area contributed by atoms with Crippen molar-refractivity contribution in [3.8, 4) is 0 Å². The molecule has 0 spiro atoms. The summed E-state index contributed by atoms with van der Waals surface area (Å²) in [5.41, 5.74) is 5.40. The number of amides is 1. The molecule has 2 rings (SSSR count). The normalized spacial score (nSPS) is 33.5. The van der Waals surface area contributed by atoms with Crippen molar-refractivity contribution in [2.45, 2.75) is 12.1 Å². The van der Waals surface area contributed by atoms with Gasteiger partial charge in [-0.3, -0.25) is 4.79 Å². The third-order valence-corrected chi connectivity index (χ3v) is 2.05. The molecular weight excluding hydrogens is 132 g/mol. The van der Waals surface area contributed by atoms with Crippen LogP contribution in [0.2, 0.25) is 0 Å². The molecule has 4 nitrogen and oxygen atoms in total. The van der Waals surface area contributed by atoms with Gasteiger partial charge in [0.05, 0.1) is 19.3 Å². The molecule has 0 aromatic carbocycles. The van der Waals surface area contributed by atoms with E-state index in [0.717, 1.165) is 0 Å². The molecule has 4 heteroatoms. The van der Waals surface area contributed by atoms with Gasteiger partial charge < -0.3 is 15.4 Å². The number of ether oxygens (including phenoxy) is 1. The molecule has 2 N–H and O–H groups in total. The summed E-state index contributed by atoms with van der Waals surface area (Å²) in [5.74, 6) is 0.0771. The maximum Gasteiger partial charge on any atom is 0.241 e. The van der Waals surface area contributed by atoms with Crippen LogP contribution in [0.3, 0.4) is 0 Å². The molecule has 56 valence electrons. The monoisotopic (exact) mass is 142 g/mol. The van der Waals surface area contributed by atoms with Crippen molar-refractivity contribution in [3.63, 3.8) is 0 Å². The van der Waals surface area contributed by atoms with Crippen molar-refractivity contribution in [1.29, 1.82) is 0 Å². The van der Waals surface area contributed by atoms with Gasteiger partial charge in [0.1, 0.15) is 6.04 Å². The zero-order chi connectivity index (χ0) is 7.14. The molecule has 0 aromatic heterocycles. The summed E-state index contributed by atoms with van der Waals surface area (Å²) >= 11 is 0. The Morgan fingerprint density at radius 3 is 2.60 bits per heavy atom. The minimum atomic E-state index is -0.236. The second-order valence-corrected chi connectivity index (χ2v) is 2.79. The van der Waals surface area contributed by atoms with Gasteiger partial charge >= 0.3 is 0 Å². The Balaban J connectivity index is 1.90. The molecule has 2 heterocycles. The Morgan fingerprint density at radius 2 is 2.30 bits per heavy atom. The average Bonchev–Trinajstić information content (AvgIpc) is 1.83. The fourth-order valence-electron chi connectivity index (χ4n) is 1.21. The van der Waals surface area contributed by atoms with E-state index in [0.29, 0.717) is 25.8 Å². The van der Waals surface area contributed by atoms with Crippen molar-refractivity contribution in [2.75, 3.05) is 19.8 Å². The van der Waals surface area contributed by atoms with E-state index in [9.17, 15) is 4.79 Å². The third kappa shape index (κ3) is 0.660. The lowest BCUT2D eigenvalue weighted by Crippen LogP contribution is -2.68. The highest BCUT2D eigenvalue weighted by Gasteiger charge is 2.40. The smallest absolute Gasteiger partial charge is 0.241 e. The molecular formula is C6H10N2O2. The lowest BCUT2D eigenvalue weighted by Gasteiger charge is -2.45. The van der Waals surface area contributed by atoms with Crippen LogP contribution in [0.1, 0.15) is 0 Å². The van der Waals surface area contributed by atoms with Crippen molar-refractivity contribution >= 4 is 5.91 Å². The van der Waals surface area contributed by atoms with Crippen LogP contribution < -0.4 is 5.73 Å². The van der Waals surface area contributed by atoms with Crippen LogP contribution in [0, 0.1) is 0 Å². The van der Waals surface area contributed by atoms with E-state index in [1.807, 2.05) is 0 Å². The first-order chi connectivity index (χ1) is 4.79. The fourth-order valence-corrected chi connectivity index (χ4v) is 1.21. The summed E-state index contributed by atoms with van der Waals surface area (Å²) in [6, 6.07) is 0.0906. The molecule has 1 amide bonds. The van der Waals surface area contributed by atoms with E-state index in [4.69, 9.17) is 10.5 Å². The van der Waals surface area contributed by atoms with Crippen LogP contribution in [0.5, 0.6) is 0 Å². The highest BCUT2D eigenvalue weighted by atomic mass is 16.5. The minimum absolute atomic E-state index is 0.0771. The maximum atomic E-state index is 10.9. The first-order valence-corrected chi connectivity index (χ1v) is 3.43. The Morgan fingerprint density at radius 1 is 1.60 bits per heavy atom. The summed E-state index contributed by atoms with van der Waals surface area (Å²) in [4.78, 5) is 12.7. The largest absolute Gasteiger partial charge is 0.377 e. The summed E-state index contributed by atoms with van der Waals surface area (Å²) < 4.78 is 4.94. The van der Waals surface area contributed by atoms with Gasteiger partial charge in [-0.2, -0.15) is 0 Å². The molecule has 0 aliphatic carbocycles. The molecule has 2 fully saturated rings. The topological polar surface area (TPSA) is 55.6 Å². The van der Waals surface area contributed by atoms with E-state index in [2.05, 4.69) is 0 Å². The Bertz CT molecular complexity index is 167. The first kappa shape index (κ1) is 6.12. The van der Waals surface area contributed by atoms with Gasteiger partial charge in [0.25, 0.3) is 0 Å². The third-order valence-electron chi connectivity index (χ3n) is 2.05. The van der Waals surface area contributed by atoms with E-state index < -0.39 is 0 Å². The van der Waals surface area contributed by atoms with Gasteiger partial charge in [-0.25, -0.2) is 0 Å². The van der Waals surface area contributed by atoms with Crippen LogP contribution in [0.15, 0.2) is 0 Å². The van der Waals surface area contributed by atoms with Gasteiger partial charge in [0, 0.05) is 6.54 Å². The number of likely N-dealkylation sites (tertiary alicyclic amines) is 1.